The Hall–Kier alpha value is -4.99. The number of nitrogens with one attached hydrogen (secondary N) is 1. The summed E-state index contributed by atoms with van der Waals surface area (Å²) in [4.78, 5) is 46.0. The van der Waals surface area contributed by atoms with E-state index in [1.165, 1.54) is 0 Å². The fraction of sp³-hybridized carbons (Fsp3) is 0.258. The number of anilines is 4. The third kappa shape index (κ3) is 6.60. The van der Waals surface area contributed by atoms with E-state index in [1.54, 1.807) is 60.6 Å². The molecule has 1 aliphatic heterocycles. The monoisotopic (exact) mass is 551 g/mol. The Morgan fingerprint density at radius 1 is 0.854 bits per heavy atom. The van der Waals surface area contributed by atoms with Crippen LogP contribution in [0.3, 0.4) is 0 Å². The molecule has 0 radical (unpaired) electrons. The minimum Gasteiger partial charge on any atom is -0.497 e. The molecule has 0 fully saturated rings. The smallest absolute Gasteiger partial charge is 0.257 e. The number of aromatic nitrogens is 3. The molecule has 4 aromatic rings. The van der Waals surface area contributed by atoms with Gasteiger partial charge in [0.15, 0.2) is 0 Å². The van der Waals surface area contributed by atoms with Crippen molar-refractivity contribution in [2.45, 2.75) is 19.9 Å². The number of ether oxygens (including phenoxy) is 1. The van der Waals surface area contributed by atoms with Crippen LogP contribution in [0.15, 0.2) is 85.3 Å². The molecular weight excluding hydrogens is 518 g/mol. The van der Waals surface area contributed by atoms with Crippen LogP contribution >= 0.6 is 0 Å². The van der Waals surface area contributed by atoms with Gasteiger partial charge in [0.1, 0.15) is 11.6 Å². The highest BCUT2D eigenvalue weighted by atomic mass is 16.5. The first-order valence-corrected chi connectivity index (χ1v) is 13.6. The highest BCUT2D eigenvalue weighted by Gasteiger charge is 2.25. The fourth-order valence-corrected chi connectivity index (χ4v) is 4.93. The Labute approximate surface area is 239 Å². The number of carbonyl (C=O) groups is 2. The summed E-state index contributed by atoms with van der Waals surface area (Å²) in [6.45, 7) is 4.00. The molecular formula is C31H33N7O3. The number of carbonyl (C=O) groups excluding carboxylic acids is 2. The lowest BCUT2D eigenvalue weighted by molar-refractivity contribution is -0.116. The van der Waals surface area contributed by atoms with Gasteiger partial charge in [0.25, 0.3) is 5.91 Å². The van der Waals surface area contributed by atoms with E-state index in [-0.39, 0.29) is 11.8 Å². The summed E-state index contributed by atoms with van der Waals surface area (Å²) in [5.74, 6) is 1.51. The zero-order chi connectivity index (χ0) is 28.6. The van der Waals surface area contributed by atoms with E-state index in [2.05, 4.69) is 25.2 Å². The van der Waals surface area contributed by atoms with E-state index in [1.807, 2.05) is 48.5 Å². The van der Waals surface area contributed by atoms with Crippen molar-refractivity contribution in [2.75, 3.05) is 48.4 Å². The van der Waals surface area contributed by atoms with Gasteiger partial charge in [0.2, 0.25) is 11.9 Å². The number of methoxy groups -OCH3 is 1. The van der Waals surface area contributed by atoms with Gasteiger partial charge < -0.3 is 24.8 Å². The molecule has 0 unspecified atom stereocenters. The van der Waals surface area contributed by atoms with E-state index in [0.29, 0.717) is 55.8 Å². The van der Waals surface area contributed by atoms with Gasteiger partial charge >= 0.3 is 0 Å². The maximum atomic E-state index is 14.2. The fourth-order valence-electron chi connectivity index (χ4n) is 4.93. The van der Waals surface area contributed by atoms with Gasteiger partial charge in [-0.15, -0.1) is 0 Å². The molecule has 2 aromatic carbocycles. The van der Waals surface area contributed by atoms with Gasteiger partial charge in [-0.3, -0.25) is 9.59 Å². The van der Waals surface area contributed by atoms with Gasteiger partial charge in [-0.1, -0.05) is 24.3 Å². The summed E-state index contributed by atoms with van der Waals surface area (Å²) in [5.41, 5.74) is 2.90. The van der Waals surface area contributed by atoms with Crippen LogP contribution in [0.2, 0.25) is 0 Å². The molecule has 2 aromatic heterocycles. The van der Waals surface area contributed by atoms with Crippen LogP contribution in [0.25, 0.3) is 0 Å². The second-order valence-electron chi connectivity index (χ2n) is 9.67. The number of pyridine rings is 1. The Balaban J connectivity index is 1.51. The van der Waals surface area contributed by atoms with Crippen molar-refractivity contribution in [3.63, 3.8) is 0 Å². The van der Waals surface area contributed by atoms with E-state index in [0.717, 1.165) is 23.4 Å². The molecule has 5 rings (SSSR count). The second-order valence-corrected chi connectivity index (χ2v) is 9.67. The minimum atomic E-state index is -0.180. The summed E-state index contributed by atoms with van der Waals surface area (Å²) in [6.07, 6.45) is 5.79. The van der Waals surface area contributed by atoms with Gasteiger partial charge in [-0.2, -0.15) is 0 Å². The van der Waals surface area contributed by atoms with Crippen molar-refractivity contribution in [2.24, 2.45) is 0 Å². The molecule has 0 bridgehead atoms. The average molecular weight is 552 g/mol. The Morgan fingerprint density at radius 3 is 2.46 bits per heavy atom. The lowest BCUT2D eigenvalue weighted by Crippen LogP contribution is -2.39. The maximum Gasteiger partial charge on any atom is 0.257 e. The molecule has 1 aliphatic rings. The number of rotatable bonds is 5. The summed E-state index contributed by atoms with van der Waals surface area (Å²) in [6, 6.07) is 20.5. The first-order valence-electron chi connectivity index (χ1n) is 13.6. The molecule has 2 amide bonds. The van der Waals surface area contributed by atoms with Crippen molar-refractivity contribution in [3.8, 4) is 5.75 Å². The normalized spacial score (nSPS) is 14.0. The van der Waals surface area contributed by atoms with Gasteiger partial charge in [-0.05, 0) is 48.4 Å². The molecule has 0 saturated carbocycles. The molecule has 3 heterocycles. The summed E-state index contributed by atoms with van der Waals surface area (Å²) >= 11 is 0. The highest BCUT2D eigenvalue weighted by Crippen LogP contribution is 2.27. The summed E-state index contributed by atoms with van der Waals surface area (Å²) in [5, 5.41) is 3.28. The van der Waals surface area contributed by atoms with E-state index < -0.39 is 0 Å². The minimum absolute atomic E-state index is 0.0471. The largest absolute Gasteiger partial charge is 0.497 e. The predicted molar refractivity (Wildman–Crippen MR) is 159 cm³/mol. The number of para-hydroxylation sites is 1. The first kappa shape index (κ1) is 27.6. The summed E-state index contributed by atoms with van der Waals surface area (Å²) < 4.78 is 5.35. The molecule has 1 N–H and O–H groups in total. The van der Waals surface area contributed by atoms with Crippen molar-refractivity contribution < 1.29 is 14.3 Å². The quantitative estimate of drug-likeness (QED) is 0.386. The molecule has 0 saturated heterocycles. The zero-order valence-electron chi connectivity index (χ0n) is 23.2. The average Bonchev–Trinajstić information content (AvgIpc) is 3.04. The zero-order valence-corrected chi connectivity index (χ0v) is 23.2. The van der Waals surface area contributed by atoms with Crippen molar-refractivity contribution in [3.05, 3.63) is 96.4 Å². The predicted octanol–water partition coefficient (Wildman–Crippen LogP) is 4.53. The summed E-state index contributed by atoms with van der Waals surface area (Å²) in [7, 11) is 1.61. The number of hydrogen-bond donors (Lipinski definition) is 1. The van der Waals surface area contributed by atoms with E-state index in [4.69, 9.17) is 4.74 Å². The number of amides is 2. The SMILES string of the molecule is COc1cccc(Nc2ncccc2C(=O)N2CCN(c3ncccn3)CCCN(C(C)=O)c3ccccc3C2)c1. The molecule has 0 atom stereocenters. The maximum absolute atomic E-state index is 14.2. The number of nitrogens with zero attached hydrogens (tertiary/aromatic N) is 6. The third-order valence-corrected chi connectivity index (χ3v) is 6.97. The topological polar surface area (TPSA) is 104 Å². The molecule has 0 spiro atoms. The molecule has 0 aliphatic carbocycles. The van der Waals surface area contributed by atoms with Crippen molar-refractivity contribution in [1.29, 1.82) is 0 Å². The Kier molecular flexibility index (Phi) is 8.68. The van der Waals surface area contributed by atoms with E-state index in [9.17, 15) is 9.59 Å². The van der Waals surface area contributed by atoms with Gasteiger partial charge in [-0.25, -0.2) is 15.0 Å². The number of hydrogen-bond acceptors (Lipinski definition) is 8. The number of benzene rings is 2. The molecule has 10 heteroatoms. The van der Waals surface area contributed by atoms with Gasteiger partial charge in [0.05, 0.1) is 12.7 Å². The Bertz CT molecular complexity index is 1500. The van der Waals surface area contributed by atoms with Crippen molar-refractivity contribution in [1.82, 2.24) is 19.9 Å². The van der Waals surface area contributed by atoms with Crippen LogP contribution in [0.4, 0.5) is 23.1 Å². The lowest BCUT2D eigenvalue weighted by Gasteiger charge is -2.28. The second kappa shape index (κ2) is 12.9. The molecule has 210 valence electrons. The van der Waals surface area contributed by atoms with Crippen LogP contribution in [0.1, 0.15) is 29.3 Å². The van der Waals surface area contributed by atoms with Crippen LogP contribution in [-0.2, 0) is 11.3 Å². The Morgan fingerprint density at radius 2 is 1.66 bits per heavy atom. The van der Waals surface area contributed by atoms with E-state index >= 15 is 0 Å². The molecule has 10 nitrogen and oxygen atoms in total. The first-order chi connectivity index (χ1) is 20.0. The van der Waals surface area contributed by atoms with Crippen LogP contribution < -0.4 is 19.9 Å². The van der Waals surface area contributed by atoms with Crippen LogP contribution in [0.5, 0.6) is 5.75 Å². The third-order valence-electron chi connectivity index (χ3n) is 6.97. The van der Waals surface area contributed by atoms with Gasteiger partial charge in [0, 0.05) is 75.7 Å². The molecule has 41 heavy (non-hydrogen) atoms. The standard InChI is InChI=1S/C31H33N7O3/c1-23(39)38-18-8-17-36(31-33-15-7-16-34-31)19-20-37(22-24-9-3-4-13-28(24)38)30(40)27-12-6-14-32-29(27)35-25-10-5-11-26(21-25)41-2/h3-7,9-16,21H,8,17-20,22H2,1-2H3,(H,32,35). The van der Waals surface area contributed by atoms with Crippen LogP contribution in [0, 0.1) is 0 Å². The van der Waals surface area contributed by atoms with Crippen molar-refractivity contribution >= 4 is 35.0 Å². The lowest BCUT2D eigenvalue weighted by atomic mass is 10.1. The van der Waals surface area contributed by atoms with Crippen LogP contribution in [-0.4, -0.2) is 65.0 Å². The highest BCUT2D eigenvalue weighted by molar-refractivity contribution is 5.99. The number of fused-ring (bicyclic) bond motifs is 1.